The summed E-state index contributed by atoms with van der Waals surface area (Å²) in [5, 5.41) is 17.1. The number of phenolic OH excluding ortho intramolecular Hbond substituents is 1. The summed E-state index contributed by atoms with van der Waals surface area (Å²) in [4.78, 5) is 0. The van der Waals surface area contributed by atoms with Crippen LogP contribution in [-0.4, -0.2) is 15.3 Å². The Balaban J connectivity index is 1.63. The van der Waals surface area contributed by atoms with E-state index in [1.807, 2.05) is 17.2 Å². The predicted octanol–water partition coefficient (Wildman–Crippen LogP) is 5.91. The quantitative estimate of drug-likeness (QED) is 0.551. The molecule has 2 aromatic carbocycles. The fraction of sp³-hybridized carbons (Fsp3) is 0.250. The summed E-state index contributed by atoms with van der Waals surface area (Å²) in [6, 6.07) is 11.3. The summed E-state index contributed by atoms with van der Waals surface area (Å²) in [7, 11) is 0. The molecule has 0 radical (unpaired) electrons. The second-order valence-corrected chi connectivity index (χ2v) is 7.16. The van der Waals surface area contributed by atoms with E-state index in [-0.39, 0.29) is 29.5 Å². The molecule has 3 aromatic rings. The highest BCUT2D eigenvalue weighted by molar-refractivity contribution is 6.30. The summed E-state index contributed by atoms with van der Waals surface area (Å²) in [6.07, 6.45) is -2.74. The average molecular weight is 409 g/mol. The van der Waals surface area contributed by atoms with E-state index in [2.05, 4.69) is 5.10 Å². The van der Waals surface area contributed by atoms with E-state index in [1.54, 1.807) is 18.2 Å². The zero-order valence-electron chi connectivity index (χ0n) is 14.6. The van der Waals surface area contributed by atoms with Crippen molar-refractivity contribution < 1.29 is 23.0 Å². The second kappa shape index (κ2) is 7.05. The first-order valence-corrected chi connectivity index (χ1v) is 9.07. The number of aromatic hydroxyl groups is 1. The van der Waals surface area contributed by atoms with E-state index in [9.17, 15) is 18.3 Å². The Morgan fingerprint density at radius 2 is 1.86 bits per heavy atom. The molecule has 1 heterocycles. The van der Waals surface area contributed by atoms with Crippen molar-refractivity contribution >= 4 is 11.6 Å². The molecule has 0 amide bonds. The van der Waals surface area contributed by atoms with Crippen LogP contribution < -0.4 is 4.74 Å². The van der Waals surface area contributed by atoms with Crippen LogP contribution in [0.4, 0.5) is 13.2 Å². The minimum absolute atomic E-state index is 0.0379. The zero-order valence-corrected chi connectivity index (χ0v) is 15.3. The number of rotatable bonds is 5. The lowest BCUT2D eigenvalue weighted by atomic mass is 10.0. The highest BCUT2D eigenvalue weighted by atomic mass is 35.5. The molecule has 4 nitrogen and oxygen atoms in total. The molecular formula is C20H16ClF3N2O2. The van der Waals surface area contributed by atoms with Crippen LogP contribution in [0.15, 0.2) is 42.5 Å². The van der Waals surface area contributed by atoms with Gasteiger partial charge in [-0.1, -0.05) is 23.7 Å². The van der Waals surface area contributed by atoms with Gasteiger partial charge in [-0.3, -0.25) is 5.10 Å². The maximum atomic E-state index is 12.8. The van der Waals surface area contributed by atoms with Crippen molar-refractivity contribution in [1.29, 1.82) is 0 Å². The third-order valence-corrected chi connectivity index (χ3v) is 4.88. The molecule has 0 atom stereocenters. The van der Waals surface area contributed by atoms with Gasteiger partial charge < -0.3 is 9.84 Å². The van der Waals surface area contributed by atoms with Gasteiger partial charge in [0.1, 0.15) is 23.8 Å². The first kappa shape index (κ1) is 18.7. The Kier molecular flexibility index (Phi) is 4.71. The first-order valence-electron chi connectivity index (χ1n) is 8.69. The molecule has 1 aliphatic rings. The number of nitrogens with zero attached hydrogens (tertiary/aromatic N) is 1. The molecule has 1 saturated carbocycles. The van der Waals surface area contributed by atoms with E-state index in [1.165, 1.54) is 6.07 Å². The van der Waals surface area contributed by atoms with Gasteiger partial charge in [0.25, 0.3) is 0 Å². The van der Waals surface area contributed by atoms with Crippen molar-refractivity contribution in [3.8, 4) is 22.8 Å². The van der Waals surface area contributed by atoms with Gasteiger partial charge in [-0.15, -0.1) is 0 Å². The number of nitrogens with one attached hydrogen (secondary N) is 1. The number of benzene rings is 2. The molecule has 0 spiro atoms. The van der Waals surface area contributed by atoms with E-state index in [4.69, 9.17) is 16.3 Å². The number of phenols is 1. The van der Waals surface area contributed by atoms with Crippen molar-refractivity contribution in [3.05, 3.63) is 64.3 Å². The summed E-state index contributed by atoms with van der Waals surface area (Å²) in [6.45, 7) is 0.288. The summed E-state index contributed by atoms with van der Waals surface area (Å²) in [5.41, 5.74) is 0.848. The molecule has 1 fully saturated rings. The standard InChI is InChI=1S/C20H16ClF3N2O2/c21-13-5-1-11(2-6-13)10-28-16-8-7-14(19(27)18(16)12-3-4-12)15-9-17(26-25-15)20(22,23)24/h1-2,5-9,12,27H,3-4,10H2,(H,25,26). The van der Waals surface area contributed by atoms with Gasteiger partial charge in [-0.25, -0.2) is 0 Å². The fourth-order valence-corrected chi connectivity index (χ4v) is 3.16. The van der Waals surface area contributed by atoms with E-state index < -0.39 is 11.9 Å². The Morgan fingerprint density at radius 1 is 1.14 bits per heavy atom. The molecule has 0 saturated heterocycles. The minimum atomic E-state index is -4.53. The van der Waals surface area contributed by atoms with Crippen LogP contribution in [0, 0.1) is 0 Å². The van der Waals surface area contributed by atoms with Crippen molar-refractivity contribution in [3.63, 3.8) is 0 Å². The van der Waals surface area contributed by atoms with Crippen LogP contribution in [0.5, 0.6) is 11.5 Å². The van der Waals surface area contributed by atoms with E-state index in [0.29, 0.717) is 16.3 Å². The van der Waals surface area contributed by atoms with Gasteiger partial charge in [0.2, 0.25) is 0 Å². The largest absolute Gasteiger partial charge is 0.507 e. The summed E-state index contributed by atoms with van der Waals surface area (Å²) < 4.78 is 44.4. The SMILES string of the molecule is Oc1c(-c2cc(C(F)(F)F)[nH]n2)ccc(OCc2ccc(Cl)cc2)c1C1CC1. The Bertz CT molecular complexity index is 996. The fourth-order valence-electron chi connectivity index (χ4n) is 3.04. The van der Waals surface area contributed by atoms with Crippen LogP contribution in [0.3, 0.4) is 0 Å². The predicted molar refractivity (Wildman–Crippen MR) is 98.4 cm³/mol. The lowest BCUT2D eigenvalue weighted by Gasteiger charge is -2.15. The number of hydrogen-bond acceptors (Lipinski definition) is 3. The molecule has 4 rings (SSSR count). The Labute approximate surface area is 163 Å². The number of aromatic amines is 1. The van der Waals surface area contributed by atoms with Gasteiger partial charge in [0, 0.05) is 16.1 Å². The Hall–Kier alpha value is -2.67. The summed E-state index contributed by atoms with van der Waals surface area (Å²) >= 11 is 5.88. The van der Waals surface area contributed by atoms with Gasteiger partial charge in [0.15, 0.2) is 0 Å². The number of alkyl halides is 3. The van der Waals surface area contributed by atoms with Gasteiger partial charge in [-0.2, -0.15) is 18.3 Å². The van der Waals surface area contributed by atoms with Gasteiger partial charge in [0.05, 0.1) is 5.69 Å². The van der Waals surface area contributed by atoms with Crippen LogP contribution >= 0.6 is 11.6 Å². The number of aromatic nitrogens is 2. The molecule has 1 aliphatic carbocycles. The second-order valence-electron chi connectivity index (χ2n) is 6.73. The van der Waals surface area contributed by atoms with Crippen LogP contribution in [0.1, 0.15) is 35.6 Å². The minimum Gasteiger partial charge on any atom is -0.507 e. The molecule has 0 aliphatic heterocycles. The van der Waals surface area contributed by atoms with E-state index >= 15 is 0 Å². The third kappa shape index (κ3) is 3.80. The molecule has 1 aromatic heterocycles. The molecule has 8 heteroatoms. The topological polar surface area (TPSA) is 58.1 Å². The Morgan fingerprint density at radius 3 is 2.46 bits per heavy atom. The van der Waals surface area contributed by atoms with Gasteiger partial charge in [-0.05, 0) is 54.7 Å². The number of hydrogen-bond donors (Lipinski definition) is 2. The van der Waals surface area contributed by atoms with Crippen molar-refractivity contribution in [2.75, 3.05) is 0 Å². The number of halogens is 4. The lowest BCUT2D eigenvalue weighted by Crippen LogP contribution is -2.04. The van der Waals surface area contributed by atoms with Crippen LogP contribution in [-0.2, 0) is 12.8 Å². The highest BCUT2D eigenvalue weighted by Crippen LogP contribution is 2.51. The van der Waals surface area contributed by atoms with Crippen molar-refractivity contribution in [2.45, 2.75) is 31.5 Å². The van der Waals surface area contributed by atoms with Gasteiger partial charge >= 0.3 is 6.18 Å². The number of H-pyrrole nitrogens is 1. The maximum absolute atomic E-state index is 12.8. The molecule has 146 valence electrons. The lowest BCUT2D eigenvalue weighted by molar-refractivity contribution is -0.141. The molecule has 2 N–H and O–H groups in total. The summed E-state index contributed by atoms with van der Waals surface area (Å²) in [5.74, 6) is 0.558. The maximum Gasteiger partial charge on any atom is 0.432 e. The highest BCUT2D eigenvalue weighted by Gasteiger charge is 2.35. The first-order chi connectivity index (χ1) is 13.3. The van der Waals surface area contributed by atoms with Crippen LogP contribution in [0.25, 0.3) is 11.3 Å². The number of ether oxygens (including phenoxy) is 1. The molecule has 0 unspecified atom stereocenters. The molecule has 28 heavy (non-hydrogen) atoms. The van der Waals surface area contributed by atoms with Crippen LogP contribution in [0.2, 0.25) is 5.02 Å². The van der Waals surface area contributed by atoms with Crippen molar-refractivity contribution in [2.24, 2.45) is 0 Å². The normalized spacial score (nSPS) is 14.3. The zero-order chi connectivity index (χ0) is 19.9. The smallest absolute Gasteiger partial charge is 0.432 e. The third-order valence-electron chi connectivity index (χ3n) is 4.63. The average Bonchev–Trinajstić information content (AvgIpc) is 3.35. The monoisotopic (exact) mass is 408 g/mol. The van der Waals surface area contributed by atoms with E-state index in [0.717, 1.165) is 24.5 Å². The molecule has 0 bridgehead atoms. The van der Waals surface area contributed by atoms with Crippen molar-refractivity contribution in [1.82, 2.24) is 10.2 Å². The molecular weight excluding hydrogens is 393 g/mol.